The van der Waals surface area contributed by atoms with E-state index in [2.05, 4.69) is 5.32 Å². The maximum atomic E-state index is 7.89. The van der Waals surface area contributed by atoms with Crippen LogP contribution in [0.5, 0.6) is 0 Å². The molecule has 0 aromatic heterocycles. The van der Waals surface area contributed by atoms with Gasteiger partial charge in [0.15, 0.2) is 0 Å². The fraction of sp³-hybridized carbons (Fsp3) is 0.750. The van der Waals surface area contributed by atoms with Crippen molar-refractivity contribution in [1.82, 2.24) is 5.32 Å². The van der Waals surface area contributed by atoms with Crippen LogP contribution in [-0.4, -0.2) is 13.6 Å². The zero-order chi connectivity index (χ0) is 4.83. The summed E-state index contributed by atoms with van der Waals surface area (Å²) >= 11 is 0. The quantitative estimate of drug-likeness (QED) is 0.437. The van der Waals surface area contributed by atoms with Crippen molar-refractivity contribution < 1.29 is 0 Å². The van der Waals surface area contributed by atoms with E-state index in [1.807, 2.05) is 6.07 Å². The van der Waals surface area contributed by atoms with E-state index in [-0.39, 0.29) is 0 Å². The van der Waals surface area contributed by atoms with Gasteiger partial charge in [-0.1, -0.05) is 0 Å². The van der Waals surface area contributed by atoms with Crippen molar-refractivity contribution in [3.8, 4) is 6.07 Å². The summed E-state index contributed by atoms with van der Waals surface area (Å²) in [7, 11) is 1.71. The third-order valence-electron chi connectivity index (χ3n) is 0.447. The standard InChI is InChI=1S/C4H7N2/c1-6-4-2-3-5/h2,4H2,1H3. The second-order valence-electron chi connectivity index (χ2n) is 0.948. The summed E-state index contributed by atoms with van der Waals surface area (Å²) in [5.74, 6) is 0. The van der Waals surface area contributed by atoms with E-state index in [0.717, 1.165) is 0 Å². The van der Waals surface area contributed by atoms with Crippen LogP contribution in [0.3, 0.4) is 0 Å². The third-order valence-corrected chi connectivity index (χ3v) is 0.447. The second kappa shape index (κ2) is 4.45. The molecule has 0 aromatic rings. The van der Waals surface area contributed by atoms with Crippen LogP contribution in [0.1, 0.15) is 6.42 Å². The van der Waals surface area contributed by atoms with E-state index >= 15 is 0 Å². The first-order valence-electron chi connectivity index (χ1n) is 1.84. The van der Waals surface area contributed by atoms with Gasteiger partial charge in [-0.3, -0.25) is 0 Å². The van der Waals surface area contributed by atoms with Gasteiger partial charge in [-0.05, 0) is 0 Å². The van der Waals surface area contributed by atoms with Crippen molar-refractivity contribution in [2.45, 2.75) is 6.42 Å². The first kappa shape index (κ1) is 5.45. The Balaban J connectivity index is 2.54. The molecule has 0 atom stereocenters. The number of hydrogen-bond acceptors (Lipinski definition) is 1. The first-order chi connectivity index (χ1) is 2.91. The summed E-state index contributed by atoms with van der Waals surface area (Å²) in [6.45, 7) is 0.677. The normalized spacial score (nSPS) is 7.33. The Morgan fingerprint density at radius 3 is 2.67 bits per heavy atom. The molecule has 0 aliphatic carbocycles. The summed E-state index contributed by atoms with van der Waals surface area (Å²) in [5, 5.41) is 11.6. The SMILES string of the molecule is C[N]CCC#N. The lowest BCUT2D eigenvalue weighted by molar-refractivity contribution is 0.797. The molecule has 6 heavy (non-hydrogen) atoms. The molecule has 2 nitrogen and oxygen atoms in total. The fourth-order valence-corrected chi connectivity index (χ4v) is 0.162. The van der Waals surface area contributed by atoms with Gasteiger partial charge < -0.3 is 0 Å². The van der Waals surface area contributed by atoms with E-state index in [1.54, 1.807) is 7.05 Å². The Bertz CT molecular complexity index is 53.1. The molecule has 0 aromatic carbocycles. The molecule has 0 saturated heterocycles. The van der Waals surface area contributed by atoms with Gasteiger partial charge in [0.25, 0.3) is 0 Å². The molecule has 0 fully saturated rings. The molecule has 0 amide bonds. The lowest BCUT2D eigenvalue weighted by Crippen LogP contribution is -1.96. The van der Waals surface area contributed by atoms with E-state index in [9.17, 15) is 0 Å². The zero-order valence-electron chi connectivity index (χ0n) is 3.81. The summed E-state index contributed by atoms with van der Waals surface area (Å²) in [6.07, 6.45) is 0.552. The molecule has 0 heterocycles. The minimum atomic E-state index is 0.552. The molecule has 2 heteroatoms. The van der Waals surface area contributed by atoms with Crippen LogP contribution in [0, 0.1) is 11.3 Å². The van der Waals surface area contributed by atoms with Gasteiger partial charge in [-0.2, -0.15) is 5.26 Å². The summed E-state index contributed by atoms with van der Waals surface area (Å²) < 4.78 is 0. The van der Waals surface area contributed by atoms with Crippen LogP contribution >= 0.6 is 0 Å². The largest absolute Gasteiger partial charge is 0.244 e. The van der Waals surface area contributed by atoms with Crippen molar-refractivity contribution >= 4 is 0 Å². The van der Waals surface area contributed by atoms with Crippen LogP contribution in [0.25, 0.3) is 0 Å². The summed E-state index contributed by atoms with van der Waals surface area (Å²) in [6, 6.07) is 1.97. The van der Waals surface area contributed by atoms with Gasteiger partial charge in [0.1, 0.15) is 0 Å². The van der Waals surface area contributed by atoms with Gasteiger partial charge in [0.2, 0.25) is 0 Å². The molecule has 1 radical (unpaired) electrons. The fourth-order valence-electron chi connectivity index (χ4n) is 0.162. The molecule has 0 spiro atoms. The molecule has 33 valence electrons. The van der Waals surface area contributed by atoms with Crippen LogP contribution in [-0.2, 0) is 0 Å². The molecule has 0 aliphatic rings. The minimum Gasteiger partial charge on any atom is -0.244 e. The zero-order valence-corrected chi connectivity index (χ0v) is 3.81. The van der Waals surface area contributed by atoms with Crippen LogP contribution in [0.15, 0.2) is 0 Å². The average Bonchev–Trinajstić information content (AvgIpc) is 1.61. The molecular formula is C4H7N2. The Morgan fingerprint density at radius 2 is 2.50 bits per heavy atom. The topological polar surface area (TPSA) is 37.9 Å². The highest BCUT2D eigenvalue weighted by Crippen LogP contribution is 1.65. The number of nitrogens with zero attached hydrogens (tertiary/aromatic N) is 2. The van der Waals surface area contributed by atoms with Crippen molar-refractivity contribution in [2.75, 3.05) is 13.6 Å². The lowest BCUT2D eigenvalue weighted by Gasteiger charge is -1.79. The van der Waals surface area contributed by atoms with Crippen LogP contribution in [0.2, 0.25) is 0 Å². The molecule has 0 unspecified atom stereocenters. The van der Waals surface area contributed by atoms with Crippen LogP contribution in [0.4, 0.5) is 0 Å². The smallest absolute Gasteiger partial charge is 0.0635 e. The Hall–Kier alpha value is -0.550. The Labute approximate surface area is 37.8 Å². The van der Waals surface area contributed by atoms with Crippen molar-refractivity contribution in [2.24, 2.45) is 0 Å². The monoisotopic (exact) mass is 83.1 g/mol. The highest BCUT2D eigenvalue weighted by Gasteiger charge is 1.73. The van der Waals surface area contributed by atoms with E-state index in [0.29, 0.717) is 13.0 Å². The maximum Gasteiger partial charge on any atom is 0.0635 e. The lowest BCUT2D eigenvalue weighted by atomic mass is 10.5. The highest BCUT2D eigenvalue weighted by atomic mass is 14.8. The molecule has 0 N–H and O–H groups in total. The number of nitriles is 1. The van der Waals surface area contributed by atoms with E-state index in [4.69, 9.17) is 5.26 Å². The van der Waals surface area contributed by atoms with Gasteiger partial charge >= 0.3 is 0 Å². The maximum absolute atomic E-state index is 7.89. The van der Waals surface area contributed by atoms with Crippen molar-refractivity contribution in [3.63, 3.8) is 0 Å². The second-order valence-corrected chi connectivity index (χ2v) is 0.948. The van der Waals surface area contributed by atoms with Gasteiger partial charge in [0, 0.05) is 20.0 Å². The molecule has 0 aliphatic heterocycles. The van der Waals surface area contributed by atoms with E-state index < -0.39 is 0 Å². The Morgan fingerprint density at radius 1 is 1.83 bits per heavy atom. The molecule has 0 saturated carbocycles. The molecule has 0 bridgehead atoms. The van der Waals surface area contributed by atoms with Crippen molar-refractivity contribution in [1.29, 1.82) is 5.26 Å². The predicted molar refractivity (Wildman–Crippen MR) is 23.2 cm³/mol. The first-order valence-corrected chi connectivity index (χ1v) is 1.84. The highest BCUT2D eigenvalue weighted by molar-refractivity contribution is 4.68. The third kappa shape index (κ3) is 3.45. The number of rotatable bonds is 2. The average molecular weight is 83.1 g/mol. The molecular weight excluding hydrogens is 76.1 g/mol. The summed E-state index contributed by atoms with van der Waals surface area (Å²) in [5.41, 5.74) is 0. The summed E-state index contributed by atoms with van der Waals surface area (Å²) in [4.78, 5) is 0. The van der Waals surface area contributed by atoms with Gasteiger partial charge in [0.05, 0.1) is 6.07 Å². The van der Waals surface area contributed by atoms with E-state index in [1.165, 1.54) is 0 Å². The van der Waals surface area contributed by atoms with Crippen molar-refractivity contribution in [3.05, 3.63) is 0 Å². The van der Waals surface area contributed by atoms with Gasteiger partial charge in [-0.25, -0.2) is 5.32 Å². The van der Waals surface area contributed by atoms with Gasteiger partial charge in [-0.15, -0.1) is 0 Å². The van der Waals surface area contributed by atoms with Crippen LogP contribution < -0.4 is 5.32 Å². The minimum absolute atomic E-state index is 0.552. The number of hydrogen-bond donors (Lipinski definition) is 0. The Kier molecular flexibility index (Phi) is 4.04. The predicted octanol–water partition coefficient (Wildman–Crippen LogP) is 0.134. The molecule has 0 rings (SSSR count).